The van der Waals surface area contributed by atoms with Crippen molar-refractivity contribution in [3.8, 4) is 0 Å². The van der Waals surface area contributed by atoms with E-state index in [-0.39, 0.29) is 11.7 Å². The molecule has 1 unspecified atom stereocenters. The molecular weight excluding hydrogens is 276 g/mol. The van der Waals surface area contributed by atoms with Crippen LogP contribution < -0.4 is 5.32 Å². The van der Waals surface area contributed by atoms with Crippen LogP contribution in [0.25, 0.3) is 0 Å². The number of ether oxygens (including phenoxy) is 1. The first-order chi connectivity index (χ1) is 9.10. The zero-order chi connectivity index (χ0) is 15.0. The van der Waals surface area contributed by atoms with Crippen molar-refractivity contribution in [1.29, 1.82) is 0 Å². The molecule has 0 saturated carbocycles. The highest BCUT2D eigenvalue weighted by molar-refractivity contribution is 7.89. The Balaban J connectivity index is 2.07. The van der Waals surface area contributed by atoms with Crippen molar-refractivity contribution >= 4 is 10.0 Å². The lowest BCUT2D eigenvalue weighted by Gasteiger charge is -2.46. The van der Waals surface area contributed by atoms with Crippen molar-refractivity contribution < 1.29 is 13.2 Å². The molecule has 6 heteroatoms. The van der Waals surface area contributed by atoms with Crippen LogP contribution in [-0.2, 0) is 14.8 Å². The molecule has 0 aromatic carbocycles. The molecule has 0 radical (unpaired) electrons. The maximum Gasteiger partial charge on any atom is 0.214 e. The van der Waals surface area contributed by atoms with E-state index >= 15 is 0 Å². The average molecular weight is 304 g/mol. The van der Waals surface area contributed by atoms with E-state index in [1.54, 1.807) is 4.31 Å². The fourth-order valence-corrected chi connectivity index (χ4v) is 5.49. The Morgan fingerprint density at radius 2 is 1.80 bits per heavy atom. The highest BCUT2D eigenvalue weighted by atomic mass is 32.2. The molecule has 2 saturated heterocycles. The first-order valence-electron chi connectivity index (χ1n) is 7.48. The normalized spacial score (nSPS) is 31.1. The maximum atomic E-state index is 12.7. The van der Waals surface area contributed by atoms with E-state index in [1.807, 2.05) is 27.7 Å². The number of nitrogens with one attached hydrogen (secondary N) is 1. The number of hydrogen-bond acceptors (Lipinski definition) is 4. The summed E-state index contributed by atoms with van der Waals surface area (Å²) in [5.74, 6) is 0.495. The van der Waals surface area contributed by atoms with Gasteiger partial charge in [0.1, 0.15) is 0 Å². The molecule has 2 aliphatic heterocycles. The predicted octanol–water partition coefficient (Wildman–Crippen LogP) is 1.21. The Labute approximate surface area is 123 Å². The molecule has 2 fully saturated rings. The first kappa shape index (κ1) is 16.2. The maximum absolute atomic E-state index is 12.7. The minimum Gasteiger partial charge on any atom is -0.367 e. The lowest BCUT2D eigenvalue weighted by atomic mass is 10.0. The summed E-state index contributed by atoms with van der Waals surface area (Å²) in [5, 5.41) is 3.29. The van der Waals surface area contributed by atoms with Crippen LogP contribution in [0.15, 0.2) is 0 Å². The zero-order valence-corrected chi connectivity index (χ0v) is 13.9. The van der Waals surface area contributed by atoms with Crippen LogP contribution in [0, 0.1) is 5.92 Å². The molecule has 5 nitrogen and oxygen atoms in total. The fraction of sp³-hybridized carbons (Fsp3) is 1.00. The largest absolute Gasteiger partial charge is 0.367 e. The summed E-state index contributed by atoms with van der Waals surface area (Å²) in [6, 6.07) is 0. The van der Waals surface area contributed by atoms with Gasteiger partial charge in [0.2, 0.25) is 10.0 Å². The lowest BCUT2D eigenvalue weighted by molar-refractivity contribution is -0.163. The highest BCUT2D eigenvalue weighted by Crippen LogP contribution is 2.30. The van der Waals surface area contributed by atoms with E-state index in [9.17, 15) is 8.42 Å². The Morgan fingerprint density at radius 3 is 2.30 bits per heavy atom. The van der Waals surface area contributed by atoms with Crippen molar-refractivity contribution in [1.82, 2.24) is 9.62 Å². The van der Waals surface area contributed by atoms with Gasteiger partial charge in [0.25, 0.3) is 0 Å². The zero-order valence-electron chi connectivity index (χ0n) is 13.1. The molecule has 1 atom stereocenters. The monoisotopic (exact) mass is 304 g/mol. The topological polar surface area (TPSA) is 58.6 Å². The molecular formula is C14H28N2O3S. The van der Waals surface area contributed by atoms with Crippen LogP contribution in [0.3, 0.4) is 0 Å². The van der Waals surface area contributed by atoms with E-state index in [2.05, 4.69) is 5.32 Å². The molecule has 20 heavy (non-hydrogen) atoms. The van der Waals surface area contributed by atoms with Gasteiger partial charge in [-0.2, -0.15) is 4.31 Å². The minimum absolute atomic E-state index is 0.239. The third-order valence-electron chi connectivity index (χ3n) is 3.91. The van der Waals surface area contributed by atoms with Gasteiger partial charge in [0.15, 0.2) is 0 Å². The standard InChI is InChI=1S/C14H28N2O3S/c1-13(2)10-16(11-14(3,4)19-13)20(17,18)9-12-6-5-7-15-8-12/h12,15H,5-11H2,1-4H3. The van der Waals surface area contributed by atoms with Crippen LogP contribution in [-0.4, -0.2) is 55.9 Å². The predicted molar refractivity (Wildman–Crippen MR) is 80.2 cm³/mol. The Kier molecular flexibility index (Phi) is 4.50. The van der Waals surface area contributed by atoms with E-state index in [1.165, 1.54) is 0 Å². The van der Waals surface area contributed by atoms with Gasteiger partial charge in [-0.15, -0.1) is 0 Å². The molecule has 2 rings (SSSR count). The summed E-state index contributed by atoms with van der Waals surface area (Å²) in [7, 11) is -3.21. The van der Waals surface area contributed by atoms with Crippen molar-refractivity contribution in [2.45, 2.75) is 51.7 Å². The lowest BCUT2D eigenvalue weighted by Crippen LogP contribution is -2.59. The van der Waals surface area contributed by atoms with Gasteiger partial charge in [-0.25, -0.2) is 8.42 Å². The summed E-state index contributed by atoms with van der Waals surface area (Å²) < 4.78 is 32.9. The molecule has 0 aromatic heterocycles. The number of hydrogen-bond donors (Lipinski definition) is 1. The summed E-state index contributed by atoms with van der Waals surface area (Å²) in [5.41, 5.74) is -0.862. The summed E-state index contributed by atoms with van der Waals surface area (Å²) in [4.78, 5) is 0. The molecule has 0 spiro atoms. The van der Waals surface area contributed by atoms with Gasteiger partial charge in [-0.1, -0.05) is 0 Å². The van der Waals surface area contributed by atoms with Gasteiger partial charge in [-0.3, -0.25) is 0 Å². The van der Waals surface area contributed by atoms with Crippen molar-refractivity contribution in [3.05, 3.63) is 0 Å². The third kappa shape index (κ3) is 4.16. The van der Waals surface area contributed by atoms with Crippen LogP contribution in [0.4, 0.5) is 0 Å². The Bertz CT molecular complexity index is 423. The summed E-state index contributed by atoms with van der Waals surface area (Å²) >= 11 is 0. The van der Waals surface area contributed by atoms with Gasteiger partial charge < -0.3 is 10.1 Å². The SMILES string of the molecule is CC1(C)CN(S(=O)(=O)CC2CCCNC2)CC(C)(C)O1. The van der Waals surface area contributed by atoms with Crippen LogP contribution in [0.2, 0.25) is 0 Å². The van der Waals surface area contributed by atoms with E-state index < -0.39 is 21.2 Å². The average Bonchev–Trinajstić information content (AvgIpc) is 2.25. The molecule has 0 aromatic rings. The Morgan fingerprint density at radius 1 is 1.20 bits per heavy atom. The number of sulfonamides is 1. The van der Waals surface area contributed by atoms with E-state index in [0.717, 1.165) is 25.9 Å². The first-order valence-corrected chi connectivity index (χ1v) is 9.09. The molecule has 118 valence electrons. The summed E-state index contributed by atoms with van der Waals surface area (Å²) in [6.45, 7) is 10.5. The fourth-order valence-electron chi connectivity index (χ4n) is 3.38. The van der Waals surface area contributed by atoms with Gasteiger partial charge >= 0.3 is 0 Å². The second-order valence-corrected chi connectivity index (χ2v) is 9.39. The number of rotatable bonds is 3. The number of piperidine rings is 1. The summed E-state index contributed by atoms with van der Waals surface area (Å²) in [6.07, 6.45) is 2.07. The molecule has 0 amide bonds. The molecule has 1 N–H and O–H groups in total. The number of morpholine rings is 1. The van der Waals surface area contributed by atoms with Crippen molar-refractivity contribution in [2.24, 2.45) is 5.92 Å². The Hall–Kier alpha value is -0.170. The van der Waals surface area contributed by atoms with Crippen LogP contribution in [0.5, 0.6) is 0 Å². The van der Waals surface area contributed by atoms with Gasteiger partial charge in [-0.05, 0) is 59.5 Å². The van der Waals surface area contributed by atoms with Gasteiger partial charge in [0.05, 0.1) is 17.0 Å². The van der Waals surface area contributed by atoms with Crippen molar-refractivity contribution in [2.75, 3.05) is 31.9 Å². The van der Waals surface area contributed by atoms with Crippen molar-refractivity contribution in [3.63, 3.8) is 0 Å². The number of nitrogens with zero attached hydrogens (tertiary/aromatic N) is 1. The van der Waals surface area contributed by atoms with E-state index in [0.29, 0.717) is 13.1 Å². The second-order valence-electron chi connectivity index (χ2n) is 7.38. The molecule has 2 aliphatic rings. The minimum atomic E-state index is -3.21. The van der Waals surface area contributed by atoms with E-state index in [4.69, 9.17) is 4.74 Å². The smallest absolute Gasteiger partial charge is 0.214 e. The molecule has 0 aliphatic carbocycles. The van der Waals surface area contributed by atoms with Crippen LogP contribution in [0.1, 0.15) is 40.5 Å². The van der Waals surface area contributed by atoms with Crippen LogP contribution >= 0.6 is 0 Å². The highest BCUT2D eigenvalue weighted by Gasteiger charge is 2.43. The third-order valence-corrected chi connectivity index (χ3v) is 5.84. The molecule has 0 bridgehead atoms. The quantitative estimate of drug-likeness (QED) is 0.851. The molecule has 2 heterocycles. The van der Waals surface area contributed by atoms with Gasteiger partial charge in [0, 0.05) is 13.1 Å². The second kappa shape index (κ2) is 5.55.